The molecule has 19 nitrogen and oxygen atoms in total. The molecule has 0 aliphatic carbocycles. The molecule has 0 bridgehead atoms. The summed E-state index contributed by atoms with van der Waals surface area (Å²) in [6, 6.07) is 30.6. The molecule has 4 amide bonds. The van der Waals surface area contributed by atoms with Gasteiger partial charge in [0.25, 0.3) is 21.9 Å². The molecule has 3 heterocycles. The van der Waals surface area contributed by atoms with Gasteiger partial charge >= 0.3 is 18.2 Å². The standard InChI is InChI=1S/C29H37N5O5.C19H19N3O6S/c1-2-3-19-38-26(35)13-14-32-15-17-33(18-16-32)20-25-21-34(29(37)39-25)24-11-9-22(10-12-24)27(30)31-28(36)23-7-5-4-6-8-23;1-29(25,26)27-12-16-11-22(19(24)28-16)15-9-7-13(8-10-15)17(20)21-18(23)14-5-3-2-4-6-14/h4-12,25H,2-3,13-21H2,1H3,(H2,30,31,36);2-10,16H,11-12H2,1H3,(H2,20,21,23). The molecular formula is C48H56N8O11S. The van der Waals surface area contributed by atoms with Crippen LogP contribution in [-0.4, -0.2) is 144 Å². The number of ether oxygens (including phenoxy) is 3. The molecule has 4 N–H and O–H groups in total. The van der Waals surface area contributed by atoms with E-state index in [2.05, 4.69) is 31.5 Å². The minimum atomic E-state index is -3.62. The van der Waals surface area contributed by atoms with Crippen LogP contribution < -0.4 is 20.4 Å². The highest BCUT2D eigenvalue weighted by atomic mass is 32.2. The van der Waals surface area contributed by atoms with Crippen LogP contribution in [-0.2, 0) is 33.3 Å². The van der Waals surface area contributed by atoms with Crippen molar-refractivity contribution in [3.63, 3.8) is 0 Å². The number of amidine groups is 2. The van der Waals surface area contributed by atoms with Gasteiger partial charge < -0.3 is 29.7 Å². The van der Waals surface area contributed by atoms with E-state index in [0.29, 0.717) is 66.3 Å². The van der Waals surface area contributed by atoms with E-state index in [9.17, 15) is 32.4 Å². The summed E-state index contributed by atoms with van der Waals surface area (Å²) in [5.41, 5.74) is 3.12. The summed E-state index contributed by atoms with van der Waals surface area (Å²) in [7, 11) is -3.62. The third kappa shape index (κ3) is 15.0. The minimum absolute atomic E-state index is 0.00944. The summed E-state index contributed by atoms with van der Waals surface area (Å²) in [4.78, 5) is 68.4. The number of carbonyl (C=O) groups excluding carboxylic acids is 5. The van der Waals surface area contributed by atoms with E-state index in [1.165, 1.54) is 4.90 Å². The van der Waals surface area contributed by atoms with Gasteiger partial charge in [-0.3, -0.25) is 44.1 Å². The largest absolute Gasteiger partial charge is 0.466 e. The van der Waals surface area contributed by atoms with Gasteiger partial charge in [-0.2, -0.15) is 8.42 Å². The molecule has 20 heteroatoms. The summed E-state index contributed by atoms with van der Waals surface area (Å²) in [6.07, 6.45) is 1.30. The van der Waals surface area contributed by atoms with Gasteiger partial charge in [0.1, 0.15) is 30.5 Å². The first-order chi connectivity index (χ1) is 32.6. The molecule has 3 saturated heterocycles. The zero-order valence-electron chi connectivity index (χ0n) is 37.9. The Hall–Kier alpha value is -7.00. The maximum Gasteiger partial charge on any atom is 0.414 e. The number of nitrogens with zero attached hydrogens (tertiary/aromatic N) is 4. The van der Waals surface area contributed by atoms with E-state index in [0.717, 1.165) is 45.3 Å². The number of piperazine rings is 1. The van der Waals surface area contributed by atoms with Crippen LogP contribution in [0.15, 0.2) is 109 Å². The van der Waals surface area contributed by atoms with Crippen molar-refractivity contribution in [1.82, 2.24) is 20.4 Å². The van der Waals surface area contributed by atoms with Crippen LogP contribution in [0.1, 0.15) is 58.0 Å². The molecule has 360 valence electrons. The van der Waals surface area contributed by atoms with Crippen LogP contribution in [0.25, 0.3) is 0 Å². The lowest BCUT2D eigenvalue weighted by molar-refractivity contribution is -0.144. The number of rotatable bonds is 17. The number of unbranched alkanes of at least 4 members (excludes halogenated alkanes) is 1. The average Bonchev–Trinajstić information content (AvgIpc) is 3.91. The van der Waals surface area contributed by atoms with Gasteiger partial charge in [0, 0.05) is 72.9 Å². The van der Waals surface area contributed by atoms with Crippen molar-refractivity contribution in [2.75, 3.05) is 81.6 Å². The molecule has 0 spiro atoms. The van der Waals surface area contributed by atoms with Gasteiger partial charge in [-0.05, 0) is 79.2 Å². The molecule has 7 rings (SSSR count). The predicted octanol–water partition coefficient (Wildman–Crippen LogP) is 4.86. The second kappa shape index (κ2) is 24.1. The summed E-state index contributed by atoms with van der Waals surface area (Å²) < 4.78 is 42.8. The van der Waals surface area contributed by atoms with Gasteiger partial charge in [-0.25, -0.2) is 9.59 Å². The van der Waals surface area contributed by atoms with E-state index >= 15 is 0 Å². The van der Waals surface area contributed by atoms with Crippen molar-refractivity contribution in [1.29, 1.82) is 10.8 Å². The Balaban J connectivity index is 0.000000234. The molecule has 0 aromatic heterocycles. The Morgan fingerprint density at radius 1 is 0.662 bits per heavy atom. The molecule has 3 fully saturated rings. The Labute approximate surface area is 395 Å². The zero-order valence-corrected chi connectivity index (χ0v) is 38.7. The smallest absolute Gasteiger partial charge is 0.414 e. The fourth-order valence-electron chi connectivity index (χ4n) is 7.29. The third-order valence-electron chi connectivity index (χ3n) is 11.0. The molecule has 0 saturated carbocycles. The second-order valence-corrected chi connectivity index (χ2v) is 17.8. The van der Waals surface area contributed by atoms with Crippen LogP contribution in [0.4, 0.5) is 21.0 Å². The van der Waals surface area contributed by atoms with Gasteiger partial charge in [0.05, 0.1) is 32.4 Å². The lowest BCUT2D eigenvalue weighted by atomic mass is 10.1. The van der Waals surface area contributed by atoms with Crippen molar-refractivity contribution in [2.24, 2.45) is 0 Å². The minimum Gasteiger partial charge on any atom is -0.466 e. The first-order valence-corrected chi connectivity index (χ1v) is 24.0. The molecule has 3 aliphatic rings. The fraction of sp³-hybridized carbons (Fsp3) is 0.354. The molecule has 68 heavy (non-hydrogen) atoms. The van der Waals surface area contributed by atoms with E-state index in [1.54, 1.807) is 108 Å². The number of anilines is 2. The lowest BCUT2D eigenvalue weighted by Gasteiger charge is -2.35. The van der Waals surface area contributed by atoms with Crippen molar-refractivity contribution < 1.29 is 50.8 Å². The lowest BCUT2D eigenvalue weighted by Crippen LogP contribution is -2.49. The summed E-state index contributed by atoms with van der Waals surface area (Å²) >= 11 is 0. The summed E-state index contributed by atoms with van der Waals surface area (Å²) in [5.74, 6) is -0.956. The van der Waals surface area contributed by atoms with Gasteiger partial charge in [0.15, 0.2) is 0 Å². The Morgan fingerprint density at radius 3 is 1.59 bits per heavy atom. The van der Waals surface area contributed by atoms with E-state index in [1.807, 2.05) is 6.07 Å². The SMILES string of the molecule is CCCCOC(=O)CCN1CCN(CC2CN(c3ccc(C(=N)NC(=O)c4ccccc4)cc3)C(=O)O2)CC1.CS(=O)(=O)OCC1CN(c2ccc(C(=N)NC(=O)c3ccccc3)cc2)C(=O)O1. The molecule has 2 unspecified atom stereocenters. The normalized spacial score (nSPS) is 17.3. The van der Waals surface area contributed by atoms with Gasteiger partial charge in [-0.1, -0.05) is 49.7 Å². The first-order valence-electron chi connectivity index (χ1n) is 22.2. The number of carbonyl (C=O) groups is 5. The van der Waals surface area contributed by atoms with Crippen molar-refractivity contribution >= 4 is 63.1 Å². The zero-order chi connectivity index (χ0) is 48.6. The van der Waals surface area contributed by atoms with E-state index in [4.69, 9.17) is 25.0 Å². The quantitative estimate of drug-likeness (QED) is 0.0277. The summed E-state index contributed by atoms with van der Waals surface area (Å²) in [6.45, 7) is 7.69. The number of nitrogens with one attached hydrogen (secondary N) is 4. The second-order valence-electron chi connectivity index (χ2n) is 16.2. The summed E-state index contributed by atoms with van der Waals surface area (Å²) in [5, 5.41) is 21.4. The number of benzene rings is 4. The molecule has 2 atom stereocenters. The van der Waals surface area contributed by atoms with Crippen LogP contribution in [0.2, 0.25) is 0 Å². The van der Waals surface area contributed by atoms with Gasteiger partial charge in [0.2, 0.25) is 0 Å². The average molecular weight is 953 g/mol. The highest BCUT2D eigenvalue weighted by molar-refractivity contribution is 7.86. The number of hydrogen-bond donors (Lipinski definition) is 4. The van der Waals surface area contributed by atoms with Crippen molar-refractivity contribution in [3.05, 3.63) is 131 Å². The Bertz CT molecular complexity index is 2510. The number of esters is 1. The Morgan fingerprint density at radius 2 is 1.12 bits per heavy atom. The number of amides is 4. The molecule has 3 aliphatic heterocycles. The van der Waals surface area contributed by atoms with Crippen LogP contribution >= 0.6 is 0 Å². The fourth-order valence-corrected chi connectivity index (χ4v) is 7.69. The highest BCUT2D eigenvalue weighted by Crippen LogP contribution is 2.24. The van der Waals surface area contributed by atoms with Crippen LogP contribution in [0, 0.1) is 10.8 Å². The number of hydrogen-bond acceptors (Lipinski definition) is 15. The van der Waals surface area contributed by atoms with E-state index < -0.39 is 28.2 Å². The molecule has 0 radical (unpaired) electrons. The number of cyclic esters (lactones) is 2. The monoisotopic (exact) mass is 952 g/mol. The maximum atomic E-state index is 12.6. The molecule has 4 aromatic rings. The predicted molar refractivity (Wildman–Crippen MR) is 254 cm³/mol. The van der Waals surface area contributed by atoms with E-state index in [-0.39, 0.29) is 48.9 Å². The van der Waals surface area contributed by atoms with Crippen LogP contribution in [0.5, 0.6) is 0 Å². The highest BCUT2D eigenvalue weighted by Gasteiger charge is 2.35. The van der Waals surface area contributed by atoms with Crippen LogP contribution in [0.3, 0.4) is 0 Å². The molecular weight excluding hydrogens is 897 g/mol. The molecule has 4 aromatic carbocycles. The van der Waals surface area contributed by atoms with Crippen molar-refractivity contribution in [3.8, 4) is 0 Å². The van der Waals surface area contributed by atoms with Crippen molar-refractivity contribution in [2.45, 2.75) is 38.4 Å². The topological polar surface area (TPSA) is 241 Å². The Kier molecular flexibility index (Phi) is 17.9. The third-order valence-corrected chi connectivity index (χ3v) is 11.6. The first kappa shape index (κ1) is 50.4. The maximum absolute atomic E-state index is 12.6. The van der Waals surface area contributed by atoms with Gasteiger partial charge in [-0.15, -0.1) is 0 Å².